The summed E-state index contributed by atoms with van der Waals surface area (Å²) in [6.45, 7) is 4.45. The van der Waals surface area contributed by atoms with Gasteiger partial charge < -0.3 is 10.4 Å². The first kappa shape index (κ1) is 16.6. The lowest BCUT2D eigenvalue weighted by molar-refractivity contribution is 0.156. The van der Waals surface area contributed by atoms with Gasteiger partial charge in [-0.3, -0.25) is 9.37 Å². The van der Waals surface area contributed by atoms with Gasteiger partial charge in [-0.05, 0) is 17.2 Å². The highest BCUT2D eigenvalue weighted by Crippen LogP contribution is 2.23. The molecule has 0 aliphatic rings. The van der Waals surface area contributed by atoms with E-state index < -0.39 is 12.8 Å². The fraction of sp³-hybridized carbons (Fsp3) is 0.389. The zero-order valence-electron chi connectivity index (χ0n) is 13.1. The molecule has 3 nitrogen and oxygen atoms in total. The highest BCUT2D eigenvalue weighted by Gasteiger charge is 2.07. The summed E-state index contributed by atoms with van der Waals surface area (Å²) in [5.41, 5.74) is 3.81. The normalized spacial score (nSPS) is 12.6. The van der Waals surface area contributed by atoms with Gasteiger partial charge in [-0.2, -0.15) is 0 Å². The molecule has 0 spiro atoms. The topological polar surface area (TPSA) is 45.1 Å². The molecule has 1 aromatic heterocycles. The van der Waals surface area contributed by atoms with E-state index in [0.29, 0.717) is 6.04 Å². The third kappa shape index (κ3) is 4.61. The van der Waals surface area contributed by atoms with Crippen molar-refractivity contribution in [1.29, 1.82) is 0 Å². The van der Waals surface area contributed by atoms with E-state index in [4.69, 9.17) is 0 Å². The first-order valence-electron chi connectivity index (χ1n) is 7.63. The molecule has 0 fully saturated rings. The summed E-state index contributed by atoms with van der Waals surface area (Å²) < 4.78 is 12.3. The molecule has 0 unspecified atom stereocenters. The molecule has 1 aromatic carbocycles. The van der Waals surface area contributed by atoms with E-state index in [0.717, 1.165) is 28.9 Å². The molecule has 2 aromatic rings. The van der Waals surface area contributed by atoms with E-state index in [1.165, 1.54) is 0 Å². The molecule has 118 valence electrons. The van der Waals surface area contributed by atoms with Crippen LogP contribution in [0.5, 0.6) is 0 Å². The Balaban J connectivity index is 2.05. The van der Waals surface area contributed by atoms with Gasteiger partial charge in [-0.25, -0.2) is 0 Å². The molecule has 4 heteroatoms. The van der Waals surface area contributed by atoms with E-state index in [1.54, 1.807) is 0 Å². The number of hydrogen-bond acceptors (Lipinski definition) is 3. The molecule has 0 radical (unpaired) electrons. The lowest BCUT2D eigenvalue weighted by Gasteiger charge is -2.10. The summed E-state index contributed by atoms with van der Waals surface area (Å²) in [4.78, 5) is 4.45. The molecule has 0 aliphatic carbocycles. The van der Waals surface area contributed by atoms with E-state index in [-0.39, 0.29) is 6.42 Å². The molecule has 0 bridgehead atoms. The van der Waals surface area contributed by atoms with Gasteiger partial charge in [0.1, 0.15) is 0 Å². The van der Waals surface area contributed by atoms with Crippen LogP contribution in [0.1, 0.15) is 37.6 Å². The predicted octanol–water partition coefficient (Wildman–Crippen LogP) is 3.64. The van der Waals surface area contributed by atoms with E-state index >= 15 is 0 Å². The van der Waals surface area contributed by atoms with Crippen LogP contribution in [0.3, 0.4) is 0 Å². The number of nitrogens with zero attached hydrogens (tertiary/aromatic N) is 1. The number of aromatic nitrogens is 1. The van der Waals surface area contributed by atoms with Crippen molar-refractivity contribution in [2.75, 3.05) is 6.67 Å². The first-order chi connectivity index (χ1) is 10.6. The average molecular weight is 302 g/mol. The third-order valence-electron chi connectivity index (χ3n) is 3.53. The largest absolute Gasteiger partial charge is 0.388 e. The minimum atomic E-state index is -0.735. The maximum Gasteiger partial charge on any atom is 0.0922 e. The maximum absolute atomic E-state index is 12.3. The number of benzene rings is 1. The van der Waals surface area contributed by atoms with Gasteiger partial charge >= 0.3 is 0 Å². The Morgan fingerprint density at radius 2 is 1.77 bits per heavy atom. The van der Waals surface area contributed by atoms with Crippen molar-refractivity contribution < 1.29 is 9.50 Å². The Morgan fingerprint density at radius 3 is 2.32 bits per heavy atom. The summed E-state index contributed by atoms with van der Waals surface area (Å²) in [6, 6.07) is 12.0. The molecule has 0 saturated heterocycles. The van der Waals surface area contributed by atoms with Gasteiger partial charge in [0.2, 0.25) is 0 Å². The van der Waals surface area contributed by atoms with E-state index in [9.17, 15) is 9.50 Å². The highest BCUT2D eigenvalue weighted by molar-refractivity contribution is 5.62. The molecule has 22 heavy (non-hydrogen) atoms. The Kier molecular flexibility index (Phi) is 6.04. The van der Waals surface area contributed by atoms with Crippen LogP contribution >= 0.6 is 0 Å². The molecular formula is C18H23FN2O. The molecular weight excluding hydrogens is 279 g/mol. The quantitative estimate of drug-likeness (QED) is 0.821. The Morgan fingerprint density at radius 1 is 1.09 bits per heavy atom. The van der Waals surface area contributed by atoms with Crippen molar-refractivity contribution in [3.05, 3.63) is 53.9 Å². The molecule has 2 N–H and O–H groups in total. The lowest BCUT2D eigenvalue weighted by atomic mass is 10.0. The molecule has 1 heterocycles. The Hall–Kier alpha value is -1.78. The number of halogens is 1. The lowest BCUT2D eigenvalue weighted by Crippen LogP contribution is -2.22. The molecule has 0 saturated carbocycles. The van der Waals surface area contributed by atoms with Crippen LogP contribution in [0.25, 0.3) is 11.1 Å². The zero-order chi connectivity index (χ0) is 15.9. The monoisotopic (exact) mass is 302 g/mol. The summed E-state index contributed by atoms with van der Waals surface area (Å²) in [6.07, 6.45) is 1.25. The number of aliphatic hydroxyl groups excluding tert-OH is 1. The van der Waals surface area contributed by atoms with Crippen molar-refractivity contribution in [2.24, 2.45) is 0 Å². The molecule has 0 amide bonds. The van der Waals surface area contributed by atoms with Gasteiger partial charge in [-0.15, -0.1) is 0 Å². The van der Waals surface area contributed by atoms with Crippen molar-refractivity contribution in [3.8, 4) is 11.1 Å². The number of nitrogens with one attached hydrogen (secondary N) is 1. The number of aliphatic hydroxyl groups is 1. The standard InChI is InChI=1S/C18H23FN2O/c1-13(2)20-12-17-8-7-16(11-21-17)14-3-5-15(6-4-14)18(22)9-10-19/h3-8,11,13,18,20,22H,9-10,12H2,1-2H3/t18-/m0/s1. The second kappa shape index (κ2) is 8.01. The smallest absolute Gasteiger partial charge is 0.0922 e. The minimum Gasteiger partial charge on any atom is -0.388 e. The van der Waals surface area contributed by atoms with Crippen LogP contribution in [-0.2, 0) is 6.54 Å². The average Bonchev–Trinajstić information content (AvgIpc) is 2.54. The molecule has 1 atom stereocenters. The Bertz CT molecular complexity index is 567. The van der Waals surface area contributed by atoms with Gasteiger partial charge in [-0.1, -0.05) is 44.2 Å². The third-order valence-corrected chi connectivity index (χ3v) is 3.53. The number of hydrogen-bond donors (Lipinski definition) is 2. The second-order valence-electron chi connectivity index (χ2n) is 5.69. The fourth-order valence-electron chi connectivity index (χ4n) is 2.18. The summed E-state index contributed by atoms with van der Waals surface area (Å²) in [5, 5.41) is 13.1. The van der Waals surface area contributed by atoms with Crippen molar-refractivity contribution in [2.45, 2.75) is 39.0 Å². The second-order valence-corrected chi connectivity index (χ2v) is 5.69. The fourth-order valence-corrected chi connectivity index (χ4v) is 2.18. The minimum absolute atomic E-state index is 0.137. The van der Waals surface area contributed by atoms with Crippen LogP contribution in [0.4, 0.5) is 4.39 Å². The van der Waals surface area contributed by atoms with Crippen LogP contribution in [-0.4, -0.2) is 22.8 Å². The summed E-state index contributed by atoms with van der Waals surface area (Å²) in [7, 11) is 0. The number of pyridine rings is 1. The van der Waals surface area contributed by atoms with Crippen molar-refractivity contribution >= 4 is 0 Å². The van der Waals surface area contributed by atoms with Crippen molar-refractivity contribution in [1.82, 2.24) is 10.3 Å². The molecule has 2 rings (SSSR count). The maximum atomic E-state index is 12.3. The zero-order valence-corrected chi connectivity index (χ0v) is 13.1. The van der Waals surface area contributed by atoms with E-state index in [1.807, 2.05) is 42.6 Å². The summed E-state index contributed by atoms with van der Waals surface area (Å²) in [5.74, 6) is 0. The highest BCUT2D eigenvalue weighted by atomic mass is 19.1. The van der Waals surface area contributed by atoms with Gasteiger partial charge in [0.05, 0.1) is 18.5 Å². The van der Waals surface area contributed by atoms with Crippen molar-refractivity contribution in [3.63, 3.8) is 0 Å². The Labute approximate surface area is 131 Å². The van der Waals surface area contributed by atoms with Gasteiger partial charge in [0, 0.05) is 30.8 Å². The number of rotatable bonds is 7. The van der Waals surface area contributed by atoms with Crippen LogP contribution in [0.15, 0.2) is 42.6 Å². The predicted molar refractivity (Wildman–Crippen MR) is 87.2 cm³/mol. The van der Waals surface area contributed by atoms with Crippen LogP contribution in [0, 0.1) is 0 Å². The summed E-state index contributed by atoms with van der Waals surface area (Å²) >= 11 is 0. The van der Waals surface area contributed by atoms with Gasteiger partial charge in [0.15, 0.2) is 0 Å². The van der Waals surface area contributed by atoms with Crippen LogP contribution in [0.2, 0.25) is 0 Å². The first-order valence-corrected chi connectivity index (χ1v) is 7.63. The van der Waals surface area contributed by atoms with E-state index in [2.05, 4.69) is 24.1 Å². The number of alkyl halides is 1. The van der Waals surface area contributed by atoms with Crippen LogP contribution < -0.4 is 5.32 Å². The van der Waals surface area contributed by atoms with Gasteiger partial charge in [0.25, 0.3) is 0 Å². The SMILES string of the molecule is CC(C)NCc1ccc(-c2ccc([C@@H](O)CCF)cc2)cn1. The molecule has 0 aliphatic heterocycles.